The van der Waals surface area contributed by atoms with Crippen LogP contribution in [0.15, 0.2) is 24.3 Å². The van der Waals surface area contributed by atoms with Crippen molar-refractivity contribution in [3.8, 4) is 0 Å². The van der Waals surface area contributed by atoms with E-state index in [1.807, 2.05) is 38.2 Å². The molecule has 5 heteroatoms. The highest BCUT2D eigenvalue weighted by molar-refractivity contribution is 6.30. The van der Waals surface area contributed by atoms with Crippen molar-refractivity contribution in [3.63, 3.8) is 0 Å². The second-order valence-electron chi connectivity index (χ2n) is 4.98. The summed E-state index contributed by atoms with van der Waals surface area (Å²) in [6.07, 6.45) is 0.890. The van der Waals surface area contributed by atoms with Crippen molar-refractivity contribution in [1.82, 2.24) is 4.90 Å². The summed E-state index contributed by atoms with van der Waals surface area (Å²) in [6.45, 7) is 2.37. The third-order valence-corrected chi connectivity index (χ3v) is 3.75. The van der Waals surface area contributed by atoms with Gasteiger partial charge < -0.3 is 15.4 Å². The summed E-state index contributed by atoms with van der Waals surface area (Å²) in [6, 6.07) is 7.80. The average Bonchev–Trinajstić information content (AvgIpc) is 2.45. The largest absolute Gasteiger partial charge is 0.380 e. The van der Waals surface area contributed by atoms with Crippen molar-refractivity contribution >= 4 is 17.5 Å². The first-order valence-corrected chi connectivity index (χ1v) is 7.08. The molecule has 1 rings (SSSR count). The first-order chi connectivity index (χ1) is 9.47. The van der Waals surface area contributed by atoms with Crippen molar-refractivity contribution < 1.29 is 9.53 Å². The lowest BCUT2D eigenvalue weighted by atomic mass is 10.1. The number of rotatable bonds is 7. The van der Waals surface area contributed by atoms with Crippen LogP contribution in [0.2, 0.25) is 5.02 Å². The number of hydrogen-bond acceptors (Lipinski definition) is 3. The molecule has 20 heavy (non-hydrogen) atoms. The summed E-state index contributed by atoms with van der Waals surface area (Å²) in [5, 5.41) is 0.719. The van der Waals surface area contributed by atoms with Gasteiger partial charge in [0, 0.05) is 31.8 Å². The Kier molecular flexibility index (Phi) is 6.99. The van der Waals surface area contributed by atoms with Gasteiger partial charge in [0.2, 0.25) is 5.91 Å². The van der Waals surface area contributed by atoms with Gasteiger partial charge in [0.05, 0.1) is 12.5 Å². The number of hydrogen-bond donors (Lipinski definition) is 1. The van der Waals surface area contributed by atoms with Gasteiger partial charge in [0.25, 0.3) is 0 Å². The zero-order valence-electron chi connectivity index (χ0n) is 12.3. The molecule has 0 aliphatic heterocycles. The Balaban J connectivity index is 2.55. The molecule has 0 fully saturated rings. The van der Waals surface area contributed by atoms with E-state index >= 15 is 0 Å². The number of likely N-dealkylation sites (N-methyl/N-ethyl adjacent to an activating group) is 1. The second kappa shape index (κ2) is 8.25. The molecule has 0 saturated heterocycles. The summed E-state index contributed by atoms with van der Waals surface area (Å²) in [4.78, 5) is 13.9. The number of nitrogens with two attached hydrogens (primary N) is 1. The van der Waals surface area contributed by atoms with Crippen LogP contribution >= 0.6 is 11.6 Å². The number of benzene rings is 1. The summed E-state index contributed by atoms with van der Waals surface area (Å²) < 4.78 is 5.14. The molecule has 4 nitrogen and oxygen atoms in total. The van der Waals surface area contributed by atoms with E-state index in [0.29, 0.717) is 13.0 Å². The van der Waals surface area contributed by atoms with Crippen molar-refractivity contribution in [2.45, 2.75) is 31.9 Å². The van der Waals surface area contributed by atoms with Gasteiger partial charge in [-0.15, -0.1) is 0 Å². The quantitative estimate of drug-likeness (QED) is 0.838. The fourth-order valence-corrected chi connectivity index (χ4v) is 2.07. The fraction of sp³-hybridized carbons (Fsp3) is 0.533. The van der Waals surface area contributed by atoms with Crippen LogP contribution in [-0.2, 0) is 16.0 Å². The molecule has 0 spiro atoms. The summed E-state index contributed by atoms with van der Waals surface area (Å²) in [5.74, 6) is 0.0452. The Morgan fingerprint density at radius 1 is 1.40 bits per heavy atom. The lowest BCUT2D eigenvalue weighted by Gasteiger charge is -2.26. The Bertz CT molecular complexity index is 418. The monoisotopic (exact) mass is 298 g/mol. The van der Waals surface area contributed by atoms with E-state index in [1.165, 1.54) is 0 Å². The zero-order chi connectivity index (χ0) is 15.1. The molecule has 0 aliphatic rings. The fourth-order valence-electron chi connectivity index (χ4n) is 1.95. The smallest absolute Gasteiger partial charge is 0.225 e. The first-order valence-electron chi connectivity index (χ1n) is 6.70. The normalized spacial score (nSPS) is 13.8. The lowest BCUT2D eigenvalue weighted by Crippen LogP contribution is -2.39. The molecule has 2 unspecified atom stereocenters. The van der Waals surface area contributed by atoms with E-state index in [0.717, 1.165) is 17.0 Å². The molecule has 112 valence electrons. The predicted molar refractivity (Wildman–Crippen MR) is 81.9 cm³/mol. The van der Waals surface area contributed by atoms with Gasteiger partial charge in [-0.2, -0.15) is 0 Å². The van der Waals surface area contributed by atoms with Gasteiger partial charge >= 0.3 is 0 Å². The van der Waals surface area contributed by atoms with Gasteiger partial charge in [-0.25, -0.2) is 0 Å². The van der Waals surface area contributed by atoms with E-state index in [1.54, 1.807) is 12.0 Å². The minimum absolute atomic E-state index is 0.0452. The van der Waals surface area contributed by atoms with Gasteiger partial charge in [0.1, 0.15) is 0 Å². The van der Waals surface area contributed by atoms with Crippen molar-refractivity contribution in [2.24, 2.45) is 5.73 Å². The highest BCUT2D eigenvalue weighted by Gasteiger charge is 2.19. The SMILES string of the molecule is COC(CN)CC(=O)N(C)C(C)Cc1ccc(Cl)cc1. The molecule has 0 saturated carbocycles. The number of methoxy groups -OCH3 is 1. The number of ether oxygens (including phenoxy) is 1. The second-order valence-corrected chi connectivity index (χ2v) is 5.42. The van der Waals surface area contributed by atoms with Crippen molar-refractivity contribution in [3.05, 3.63) is 34.9 Å². The molecule has 0 heterocycles. The molecular formula is C15H23ClN2O2. The summed E-state index contributed by atoms with van der Waals surface area (Å²) in [5.41, 5.74) is 6.69. The standard InChI is InChI=1S/C15H23ClN2O2/c1-11(8-12-4-6-13(16)7-5-12)18(2)15(19)9-14(10-17)20-3/h4-7,11,14H,8-10,17H2,1-3H3. The van der Waals surface area contributed by atoms with Gasteiger partial charge in [0.15, 0.2) is 0 Å². The van der Waals surface area contributed by atoms with Crippen LogP contribution in [0, 0.1) is 0 Å². The number of halogens is 1. The number of carbonyl (C=O) groups excluding carboxylic acids is 1. The Morgan fingerprint density at radius 2 is 2.00 bits per heavy atom. The Morgan fingerprint density at radius 3 is 2.50 bits per heavy atom. The van der Waals surface area contributed by atoms with E-state index in [9.17, 15) is 4.79 Å². The summed E-state index contributed by atoms with van der Waals surface area (Å²) >= 11 is 5.86. The molecule has 0 aliphatic carbocycles. The maximum Gasteiger partial charge on any atom is 0.225 e. The van der Waals surface area contributed by atoms with E-state index in [2.05, 4.69) is 0 Å². The zero-order valence-corrected chi connectivity index (χ0v) is 13.1. The van der Waals surface area contributed by atoms with E-state index < -0.39 is 0 Å². The van der Waals surface area contributed by atoms with Crippen LogP contribution in [0.4, 0.5) is 0 Å². The Hall–Kier alpha value is -1.10. The molecule has 1 aromatic carbocycles. The number of amides is 1. The van der Waals surface area contributed by atoms with Crippen LogP contribution in [0.5, 0.6) is 0 Å². The molecule has 2 N–H and O–H groups in total. The molecule has 0 aromatic heterocycles. The Labute approximate surface area is 125 Å². The molecular weight excluding hydrogens is 276 g/mol. The van der Waals surface area contributed by atoms with Crippen LogP contribution in [0.3, 0.4) is 0 Å². The lowest BCUT2D eigenvalue weighted by molar-refractivity contribution is -0.134. The highest BCUT2D eigenvalue weighted by Crippen LogP contribution is 2.13. The van der Waals surface area contributed by atoms with Crippen LogP contribution in [0.25, 0.3) is 0 Å². The minimum atomic E-state index is -0.215. The highest BCUT2D eigenvalue weighted by atomic mass is 35.5. The molecule has 0 bridgehead atoms. The van der Waals surface area contributed by atoms with Gasteiger partial charge in [-0.1, -0.05) is 23.7 Å². The van der Waals surface area contributed by atoms with Crippen LogP contribution in [-0.4, -0.2) is 43.7 Å². The van der Waals surface area contributed by atoms with Crippen molar-refractivity contribution in [1.29, 1.82) is 0 Å². The van der Waals surface area contributed by atoms with E-state index in [-0.39, 0.29) is 18.1 Å². The van der Waals surface area contributed by atoms with Crippen molar-refractivity contribution in [2.75, 3.05) is 20.7 Å². The number of carbonyl (C=O) groups is 1. The first kappa shape index (κ1) is 17.0. The van der Waals surface area contributed by atoms with E-state index in [4.69, 9.17) is 22.1 Å². The predicted octanol–water partition coefficient (Wildman–Crippen LogP) is 2.09. The van der Waals surface area contributed by atoms with Crippen LogP contribution < -0.4 is 5.73 Å². The third-order valence-electron chi connectivity index (χ3n) is 3.50. The maximum atomic E-state index is 12.1. The molecule has 2 atom stereocenters. The average molecular weight is 299 g/mol. The number of nitrogens with zero attached hydrogens (tertiary/aromatic N) is 1. The van der Waals surface area contributed by atoms with Gasteiger partial charge in [-0.3, -0.25) is 4.79 Å². The molecule has 0 radical (unpaired) electrons. The van der Waals surface area contributed by atoms with Crippen LogP contribution in [0.1, 0.15) is 18.9 Å². The van der Waals surface area contributed by atoms with Gasteiger partial charge in [-0.05, 0) is 31.0 Å². The minimum Gasteiger partial charge on any atom is -0.380 e. The summed E-state index contributed by atoms with van der Waals surface area (Å²) in [7, 11) is 3.38. The molecule has 1 aromatic rings. The topological polar surface area (TPSA) is 55.6 Å². The molecule has 1 amide bonds. The maximum absolute atomic E-state index is 12.1. The third kappa shape index (κ3) is 5.12.